The summed E-state index contributed by atoms with van der Waals surface area (Å²) in [6.07, 6.45) is 3.98. The highest BCUT2D eigenvalue weighted by Gasteiger charge is 2.41. The minimum atomic E-state index is -0.0323. The van der Waals surface area contributed by atoms with Crippen LogP contribution in [0.25, 0.3) is 5.69 Å². The molecule has 0 radical (unpaired) electrons. The van der Waals surface area contributed by atoms with Gasteiger partial charge in [0.2, 0.25) is 0 Å². The summed E-state index contributed by atoms with van der Waals surface area (Å²) < 4.78 is 2.28. The summed E-state index contributed by atoms with van der Waals surface area (Å²) in [5.41, 5.74) is 5.82. The van der Waals surface area contributed by atoms with Gasteiger partial charge in [0.1, 0.15) is 0 Å². The van der Waals surface area contributed by atoms with Crippen LogP contribution in [0.4, 0.5) is 0 Å². The third-order valence-electron chi connectivity index (χ3n) is 5.85. The fraction of sp³-hybridized carbons (Fsp3) is 0.154. The van der Waals surface area contributed by atoms with Crippen LogP contribution in [-0.4, -0.2) is 19.6 Å². The van der Waals surface area contributed by atoms with E-state index < -0.39 is 0 Å². The third kappa shape index (κ3) is 3.73. The maximum atomic E-state index is 5.83. The molecule has 1 saturated heterocycles. The van der Waals surface area contributed by atoms with E-state index >= 15 is 0 Å². The SMILES string of the molecule is Cc1ccccc1-n1cccc1[C@@H]1[C@@H](c2ccccn2)NC(=S)N1Cc1ccccc1. The van der Waals surface area contributed by atoms with Crippen molar-refractivity contribution in [2.75, 3.05) is 0 Å². The van der Waals surface area contributed by atoms with Gasteiger partial charge < -0.3 is 14.8 Å². The summed E-state index contributed by atoms with van der Waals surface area (Å²) in [6.45, 7) is 2.88. The lowest BCUT2D eigenvalue weighted by molar-refractivity contribution is 0.302. The zero-order valence-corrected chi connectivity index (χ0v) is 18.2. The second kappa shape index (κ2) is 8.36. The zero-order chi connectivity index (χ0) is 21.2. The van der Waals surface area contributed by atoms with Crippen LogP contribution < -0.4 is 5.32 Å². The molecule has 1 aliphatic rings. The van der Waals surface area contributed by atoms with E-state index in [9.17, 15) is 0 Å². The molecule has 0 unspecified atom stereocenters. The highest BCUT2D eigenvalue weighted by atomic mass is 32.1. The fourth-order valence-electron chi connectivity index (χ4n) is 4.37. The van der Waals surface area contributed by atoms with Crippen LogP contribution in [0.1, 0.15) is 34.6 Å². The van der Waals surface area contributed by atoms with Crippen molar-refractivity contribution in [1.29, 1.82) is 0 Å². The predicted molar refractivity (Wildman–Crippen MR) is 128 cm³/mol. The van der Waals surface area contributed by atoms with Crippen LogP contribution in [0.15, 0.2) is 97.3 Å². The second-order valence-corrected chi connectivity index (χ2v) is 8.22. The molecule has 4 aromatic rings. The van der Waals surface area contributed by atoms with Crippen molar-refractivity contribution < 1.29 is 0 Å². The fourth-order valence-corrected chi connectivity index (χ4v) is 4.67. The maximum Gasteiger partial charge on any atom is 0.170 e. The van der Waals surface area contributed by atoms with Crippen molar-refractivity contribution in [3.05, 3.63) is 120 Å². The smallest absolute Gasteiger partial charge is 0.170 e. The van der Waals surface area contributed by atoms with Crippen LogP contribution in [0.3, 0.4) is 0 Å². The Morgan fingerprint density at radius 2 is 1.68 bits per heavy atom. The zero-order valence-electron chi connectivity index (χ0n) is 17.3. The average molecular weight is 425 g/mol. The first-order valence-corrected chi connectivity index (χ1v) is 10.9. The highest BCUT2D eigenvalue weighted by Crippen LogP contribution is 2.40. The molecule has 0 bridgehead atoms. The van der Waals surface area contributed by atoms with Crippen molar-refractivity contribution in [3.8, 4) is 5.69 Å². The molecule has 154 valence electrons. The molecule has 5 heteroatoms. The number of nitrogens with one attached hydrogen (secondary N) is 1. The van der Waals surface area contributed by atoms with Gasteiger partial charge in [-0.1, -0.05) is 54.6 Å². The van der Waals surface area contributed by atoms with E-state index in [0.717, 1.165) is 17.4 Å². The van der Waals surface area contributed by atoms with E-state index in [1.165, 1.54) is 22.5 Å². The Morgan fingerprint density at radius 1 is 0.903 bits per heavy atom. The highest BCUT2D eigenvalue weighted by molar-refractivity contribution is 7.80. The Bertz CT molecular complexity index is 1190. The lowest BCUT2D eigenvalue weighted by Gasteiger charge is -2.29. The van der Waals surface area contributed by atoms with Crippen molar-refractivity contribution in [2.24, 2.45) is 0 Å². The van der Waals surface area contributed by atoms with Crippen molar-refractivity contribution >= 4 is 17.3 Å². The molecule has 2 aromatic heterocycles. The standard InChI is InChI=1S/C26H24N4S/c1-19-10-5-6-14-22(19)29-17-9-15-23(29)25-24(21-13-7-8-16-27-21)28-26(31)30(25)18-20-11-3-2-4-12-20/h2-17,24-25H,18H2,1H3,(H,28,31)/t24-,25-/m1/s1. The van der Waals surface area contributed by atoms with Gasteiger partial charge in [-0.15, -0.1) is 0 Å². The number of nitrogens with zero attached hydrogens (tertiary/aromatic N) is 3. The number of thiocarbonyl (C=S) groups is 1. The Balaban J connectivity index is 1.62. The Labute approximate surface area is 188 Å². The average Bonchev–Trinajstić information content (AvgIpc) is 3.40. The van der Waals surface area contributed by atoms with Gasteiger partial charge >= 0.3 is 0 Å². The Hall–Kier alpha value is -3.44. The number of aryl methyl sites for hydroxylation is 1. The summed E-state index contributed by atoms with van der Waals surface area (Å²) in [7, 11) is 0. The van der Waals surface area contributed by atoms with Gasteiger partial charge in [-0.3, -0.25) is 4.98 Å². The maximum absolute atomic E-state index is 5.83. The minimum absolute atomic E-state index is 0.0113. The Morgan fingerprint density at radius 3 is 2.45 bits per heavy atom. The summed E-state index contributed by atoms with van der Waals surface area (Å²) in [4.78, 5) is 6.94. The summed E-state index contributed by atoms with van der Waals surface area (Å²) in [5.74, 6) is 0. The van der Waals surface area contributed by atoms with Gasteiger partial charge in [-0.2, -0.15) is 0 Å². The molecule has 4 nitrogen and oxygen atoms in total. The van der Waals surface area contributed by atoms with E-state index in [2.05, 4.69) is 99.6 Å². The number of hydrogen-bond donors (Lipinski definition) is 1. The van der Waals surface area contributed by atoms with Gasteiger partial charge in [0, 0.05) is 30.3 Å². The van der Waals surface area contributed by atoms with Crippen LogP contribution in [0.5, 0.6) is 0 Å². The predicted octanol–water partition coefficient (Wildman–Crippen LogP) is 5.35. The number of benzene rings is 2. The quantitative estimate of drug-likeness (QED) is 0.438. The van der Waals surface area contributed by atoms with Crippen molar-refractivity contribution in [1.82, 2.24) is 19.8 Å². The molecule has 0 spiro atoms. The monoisotopic (exact) mass is 424 g/mol. The van der Waals surface area contributed by atoms with Crippen LogP contribution in [0, 0.1) is 6.92 Å². The van der Waals surface area contributed by atoms with Gasteiger partial charge in [-0.05, 0) is 60.6 Å². The molecule has 2 aromatic carbocycles. The summed E-state index contributed by atoms with van der Waals surface area (Å²) in [6, 6.07) is 29.3. The first-order chi connectivity index (χ1) is 15.2. The number of pyridine rings is 1. The molecule has 0 amide bonds. The van der Waals surface area contributed by atoms with E-state index in [-0.39, 0.29) is 12.1 Å². The van der Waals surface area contributed by atoms with Crippen molar-refractivity contribution in [3.63, 3.8) is 0 Å². The molecule has 0 saturated carbocycles. The molecule has 2 atom stereocenters. The number of hydrogen-bond acceptors (Lipinski definition) is 2. The van der Waals surface area contributed by atoms with E-state index in [1.54, 1.807) is 0 Å². The van der Waals surface area contributed by atoms with Crippen LogP contribution >= 0.6 is 12.2 Å². The lowest BCUT2D eigenvalue weighted by atomic mass is 10.0. The van der Waals surface area contributed by atoms with Gasteiger partial charge in [0.25, 0.3) is 0 Å². The molecule has 0 aliphatic carbocycles. The summed E-state index contributed by atoms with van der Waals surface area (Å²) >= 11 is 5.83. The van der Waals surface area contributed by atoms with Gasteiger partial charge in [-0.25, -0.2) is 0 Å². The summed E-state index contributed by atoms with van der Waals surface area (Å²) in [5, 5.41) is 4.31. The molecule has 1 N–H and O–H groups in total. The third-order valence-corrected chi connectivity index (χ3v) is 6.20. The first-order valence-electron chi connectivity index (χ1n) is 10.5. The van der Waals surface area contributed by atoms with Gasteiger partial charge in [0.05, 0.1) is 17.8 Å². The molecule has 3 heterocycles. The number of para-hydroxylation sites is 1. The topological polar surface area (TPSA) is 33.1 Å². The molecule has 5 rings (SSSR count). The molecule has 1 fully saturated rings. The van der Waals surface area contributed by atoms with E-state index in [4.69, 9.17) is 12.2 Å². The molecular weight excluding hydrogens is 400 g/mol. The molecule has 1 aliphatic heterocycles. The second-order valence-electron chi connectivity index (χ2n) is 7.83. The van der Waals surface area contributed by atoms with E-state index in [0.29, 0.717) is 0 Å². The normalized spacial score (nSPS) is 18.2. The van der Waals surface area contributed by atoms with Gasteiger partial charge in [0.15, 0.2) is 5.11 Å². The number of rotatable bonds is 5. The Kier molecular flexibility index (Phi) is 5.26. The number of aromatic nitrogens is 2. The lowest BCUT2D eigenvalue weighted by Crippen LogP contribution is -2.30. The van der Waals surface area contributed by atoms with Crippen LogP contribution in [0.2, 0.25) is 0 Å². The minimum Gasteiger partial charge on any atom is -0.352 e. The first kappa shape index (κ1) is 19.5. The van der Waals surface area contributed by atoms with E-state index in [1.807, 2.05) is 24.4 Å². The molecule has 31 heavy (non-hydrogen) atoms. The van der Waals surface area contributed by atoms with Crippen molar-refractivity contribution in [2.45, 2.75) is 25.6 Å². The van der Waals surface area contributed by atoms with Crippen LogP contribution in [-0.2, 0) is 6.54 Å². The molecular formula is C26H24N4S. The largest absolute Gasteiger partial charge is 0.352 e.